The fraction of sp³-hybridized carbons (Fsp3) is 0.471. The van der Waals surface area contributed by atoms with Gasteiger partial charge in [0.2, 0.25) is 10.0 Å². The van der Waals surface area contributed by atoms with Crippen LogP contribution in [-0.2, 0) is 29.3 Å². The summed E-state index contributed by atoms with van der Waals surface area (Å²) in [7, 11) is -3.59. The van der Waals surface area contributed by atoms with E-state index in [1.54, 1.807) is 13.8 Å². The van der Waals surface area contributed by atoms with E-state index in [0.717, 1.165) is 41.0 Å². The van der Waals surface area contributed by atoms with Crippen LogP contribution in [0.2, 0.25) is 0 Å². The normalized spacial score (nSPS) is 15.6. The number of ether oxygens (including phenoxy) is 2. The molecule has 0 radical (unpaired) electrons. The third-order valence-corrected chi connectivity index (χ3v) is 6.48. The second kappa shape index (κ2) is 6.03. The Labute approximate surface area is 146 Å². The number of aromatic amines is 1. The number of nitrogens with zero attached hydrogens (tertiary/aromatic N) is 1. The Kier molecular flexibility index (Phi) is 3.96. The summed E-state index contributed by atoms with van der Waals surface area (Å²) in [5.74, 6) is 1.84. The van der Waals surface area contributed by atoms with Crippen LogP contribution in [0.1, 0.15) is 28.1 Å². The Hall–Kier alpha value is -2.06. The van der Waals surface area contributed by atoms with Crippen molar-refractivity contribution in [2.45, 2.75) is 38.0 Å². The molecule has 0 amide bonds. The lowest BCUT2D eigenvalue weighted by Crippen LogP contribution is -2.27. The molecule has 0 atom stereocenters. The minimum atomic E-state index is -3.59. The lowest BCUT2D eigenvalue weighted by Gasteiger charge is -2.13. The van der Waals surface area contributed by atoms with Crippen LogP contribution in [-0.4, -0.2) is 38.4 Å². The van der Waals surface area contributed by atoms with Crippen LogP contribution in [0.5, 0.6) is 11.5 Å². The quantitative estimate of drug-likeness (QED) is 0.838. The zero-order valence-corrected chi connectivity index (χ0v) is 15.1. The predicted octanol–water partition coefficient (Wildman–Crippen LogP) is 1.42. The molecule has 0 fully saturated rings. The van der Waals surface area contributed by atoms with Crippen molar-refractivity contribution in [3.63, 3.8) is 0 Å². The second-order valence-electron chi connectivity index (χ2n) is 6.43. The first-order valence-electron chi connectivity index (χ1n) is 8.42. The largest absolute Gasteiger partial charge is 0.493 e. The maximum Gasteiger partial charge on any atom is 0.244 e. The van der Waals surface area contributed by atoms with E-state index in [9.17, 15) is 8.42 Å². The van der Waals surface area contributed by atoms with Crippen LogP contribution in [0.15, 0.2) is 11.0 Å². The molecule has 8 heteroatoms. The summed E-state index contributed by atoms with van der Waals surface area (Å²) in [6.45, 7) is 5.03. The topological polar surface area (TPSA) is 93.3 Å². The molecule has 134 valence electrons. The Balaban J connectivity index is 1.55. The highest BCUT2D eigenvalue weighted by molar-refractivity contribution is 7.89. The first kappa shape index (κ1) is 16.4. The van der Waals surface area contributed by atoms with Crippen LogP contribution in [0, 0.1) is 13.8 Å². The molecule has 2 N–H and O–H groups in total. The highest BCUT2D eigenvalue weighted by Crippen LogP contribution is 2.40. The van der Waals surface area contributed by atoms with E-state index in [-0.39, 0.29) is 4.90 Å². The van der Waals surface area contributed by atoms with Gasteiger partial charge in [0.25, 0.3) is 0 Å². The van der Waals surface area contributed by atoms with E-state index >= 15 is 0 Å². The average molecular weight is 363 g/mol. The van der Waals surface area contributed by atoms with Gasteiger partial charge in [0.1, 0.15) is 16.4 Å². The van der Waals surface area contributed by atoms with Gasteiger partial charge >= 0.3 is 0 Å². The van der Waals surface area contributed by atoms with Crippen LogP contribution in [0.25, 0.3) is 0 Å². The summed E-state index contributed by atoms with van der Waals surface area (Å²) in [6, 6.07) is 2.07. The van der Waals surface area contributed by atoms with E-state index in [0.29, 0.717) is 37.6 Å². The minimum Gasteiger partial charge on any atom is -0.493 e. The van der Waals surface area contributed by atoms with Crippen LogP contribution >= 0.6 is 0 Å². The van der Waals surface area contributed by atoms with Gasteiger partial charge in [0.05, 0.1) is 24.6 Å². The molecule has 0 spiro atoms. The van der Waals surface area contributed by atoms with E-state index in [1.807, 2.05) is 0 Å². The van der Waals surface area contributed by atoms with E-state index < -0.39 is 10.0 Å². The van der Waals surface area contributed by atoms with Gasteiger partial charge < -0.3 is 9.47 Å². The molecule has 0 saturated heterocycles. The van der Waals surface area contributed by atoms with Gasteiger partial charge in [0, 0.05) is 36.1 Å². The van der Waals surface area contributed by atoms with E-state index in [1.165, 1.54) is 0 Å². The molecule has 25 heavy (non-hydrogen) atoms. The Morgan fingerprint density at radius 2 is 2.04 bits per heavy atom. The lowest BCUT2D eigenvalue weighted by molar-refractivity contribution is 0.353. The van der Waals surface area contributed by atoms with Gasteiger partial charge in [0.15, 0.2) is 0 Å². The van der Waals surface area contributed by atoms with E-state index in [2.05, 4.69) is 21.0 Å². The molecule has 0 unspecified atom stereocenters. The number of nitrogens with one attached hydrogen (secondary N) is 2. The molecule has 2 aromatic rings. The third-order valence-electron chi connectivity index (χ3n) is 4.76. The number of rotatable bonds is 5. The minimum absolute atomic E-state index is 0.232. The van der Waals surface area contributed by atoms with Gasteiger partial charge in [-0.3, -0.25) is 5.10 Å². The van der Waals surface area contributed by atoms with Crippen molar-refractivity contribution < 1.29 is 17.9 Å². The Morgan fingerprint density at radius 1 is 1.24 bits per heavy atom. The third kappa shape index (κ3) is 2.79. The molecule has 2 aliphatic rings. The van der Waals surface area contributed by atoms with Gasteiger partial charge in [-0.05, 0) is 26.3 Å². The second-order valence-corrected chi connectivity index (χ2v) is 8.13. The predicted molar refractivity (Wildman–Crippen MR) is 91.8 cm³/mol. The van der Waals surface area contributed by atoms with Gasteiger partial charge in [-0.1, -0.05) is 0 Å². The van der Waals surface area contributed by atoms with Gasteiger partial charge in [-0.2, -0.15) is 5.10 Å². The molecule has 0 saturated carbocycles. The number of fused-ring (bicyclic) bond motifs is 2. The number of aromatic nitrogens is 2. The van der Waals surface area contributed by atoms with Crippen molar-refractivity contribution in [3.05, 3.63) is 34.1 Å². The number of aryl methyl sites for hydroxylation is 2. The monoisotopic (exact) mass is 363 g/mol. The highest BCUT2D eigenvalue weighted by Gasteiger charge is 2.27. The molecule has 1 aromatic heterocycles. The summed E-state index contributed by atoms with van der Waals surface area (Å²) in [4.78, 5) is 0.232. The molecule has 0 aliphatic carbocycles. The maximum atomic E-state index is 12.6. The zero-order chi connectivity index (χ0) is 17.6. The maximum absolute atomic E-state index is 12.6. The summed E-state index contributed by atoms with van der Waals surface area (Å²) in [5, 5.41) is 6.68. The van der Waals surface area contributed by atoms with Crippen molar-refractivity contribution in [3.8, 4) is 11.5 Å². The zero-order valence-electron chi connectivity index (χ0n) is 14.3. The number of hydrogen-bond acceptors (Lipinski definition) is 5. The molecular weight excluding hydrogens is 342 g/mol. The van der Waals surface area contributed by atoms with E-state index in [4.69, 9.17) is 9.47 Å². The molecule has 0 bridgehead atoms. The Bertz CT molecular complexity index is 882. The van der Waals surface area contributed by atoms with Crippen molar-refractivity contribution in [1.82, 2.24) is 14.9 Å². The standard InChI is InChI=1S/C17H21N3O4S/c1-10-17(11(2)20-19-10)25(21,22)18-6-3-14-13-5-8-23-15(13)9-12-4-7-24-16(12)14/h9,18H,3-8H2,1-2H3,(H,19,20). The summed E-state index contributed by atoms with van der Waals surface area (Å²) in [5.41, 5.74) is 4.40. The van der Waals surface area contributed by atoms with Crippen molar-refractivity contribution >= 4 is 10.0 Å². The molecule has 2 aliphatic heterocycles. The number of sulfonamides is 1. The molecule has 7 nitrogen and oxygen atoms in total. The number of hydrogen-bond donors (Lipinski definition) is 2. The SMILES string of the molecule is Cc1n[nH]c(C)c1S(=O)(=O)NCCc1c2c(cc3c1OCC3)OCC2. The summed E-state index contributed by atoms with van der Waals surface area (Å²) < 4.78 is 39.3. The van der Waals surface area contributed by atoms with Crippen LogP contribution in [0.3, 0.4) is 0 Å². The Morgan fingerprint density at radius 3 is 2.80 bits per heavy atom. The first-order chi connectivity index (χ1) is 12.0. The highest BCUT2D eigenvalue weighted by atomic mass is 32.2. The fourth-order valence-electron chi connectivity index (χ4n) is 3.67. The summed E-state index contributed by atoms with van der Waals surface area (Å²) in [6.07, 6.45) is 2.29. The number of H-pyrrole nitrogens is 1. The van der Waals surface area contributed by atoms with Gasteiger partial charge in [-0.15, -0.1) is 0 Å². The smallest absolute Gasteiger partial charge is 0.244 e. The summed E-state index contributed by atoms with van der Waals surface area (Å²) >= 11 is 0. The number of benzene rings is 1. The van der Waals surface area contributed by atoms with Crippen molar-refractivity contribution in [2.24, 2.45) is 0 Å². The fourth-order valence-corrected chi connectivity index (χ4v) is 5.07. The molecule has 1 aromatic carbocycles. The van der Waals surface area contributed by atoms with Crippen LogP contribution < -0.4 is 14.2 Å². The lowest BCUT2D eigenvalue weighted by atomic mass is 9.97. The van der Waals surface area contributed by atoms with Crippen LogP contribution in [0.4, 0.5) is 0 Å². The first-order valence-corrected chi connectivity index (χ1v) is 9.90. The van der Waals surface area contributed by atoms with Crippen molar-refractivity contribution in [2.75, 3.05) is 19.8 Å². The van der Waals surface area contributed by atoms with Gasteiger partial charge in [-0.25, -0.2) is 13.1 Å². The average Bonchev–Trinajstić information content (AvgIpc) is 3.26. The molecule has 3 heterocycles. The molecule has 4 rings (SSSR count). The molecular formula is C17H21N3O4S. The van der Waals surface area contributed by atoms with Crippen molar-refractivity contribution in [1.29, 1.82) is 0 Å².